The lowest BCUT2D eigenvalue weighted by atomic mass is 9.93. The normalized spacial score (nSPS) is 15.1. The van der Waals surface area contributed by atoms with E-state index in [0.29, 0.717) is 24.1 Å². The van der Waals surface area contributed by atoms with Gasteiger partial charge in [0.2, 0.25) is 0 Å². The van der Waals surface area contributed by atoms with Gasteiger partial charge >= 0.3 is 12.1 Å². The third-order valence-electron chi connectivity index (χ3n) is 3.79. The SMILES string of the molecule is CCOC(=O)C1=C(c2ccc(F)c(F)c2)CCN(C(=O)OC(C)(C)C)C1. The predicted molar refractivity (Wildman–Crippen MR) is 92.3 cm³/mol. The molecule has 0 N–H and O–H groups in total. The van der Waals surface area contributed by atoms with E-state index >= 15 is 0 Å². The van der Waals surface area contributed by atoms with Gasteiger partial charge in [-0.1, -0.05) is 6.07 Å². The number of amides is 1. The third-order valence-corrected chi connectivity index (χ3v) is 3.79. The summed E-state index contributed by atoms with van der Waals surface area (Å²) >= 11 is 0. The molecule has 5 nitrogen and oxygen atoms in total. The van der Waals surface area contributed by atoms with Crippen molar-refractivity contribution in [2.24, 2.45) is 0 Å². The molecule has 0 fully saturated rings. The highest BCUT2D eigenvalue weighted by Gasteiger charge is 2.31. The van der Waals surface area contributed by atoms with Crippen LogP contribution in [0, 0.1) is 11.6 Å². The number of halogens is 2. The van der Waals surface area contributed by atoms with Crippen molar-refractivity contribution in [2.45, 2.75) is 39.7 Å². The van der Waals surface area contributed by atoms with Crippen LogP contribution in [0.4, 0.5) is 13.6 Å². The van der Waals surface area contributed by atoms with E-state index < -0.39 is 29.3 Å². The average Bonchev–Trinajstić information content (AvgIpc) is 2.55. The summed E-state index contributed by atoms with van der Waals surface area (Å²) < 4.78 is 37.2. The number of carbonyl (C=O) groups excluding carboxylic acids is 2. The van der Waals surface area contributed by atoms with E-state index in [1.54, 1.807) is 27.7 Å². The van der Waals surface area contributed by atoms with Crippen molar-refractivity contribution >= 4 is 17.6 Å². The first kappa shape index (κ1) is 19.9. The predicted octanol–water partition coefficient (Wildman–Crippen LogP) is 3.92. The van der Waals surface area contributed by atoms with Gasteiger partial charge in [-0.25, -0.2) is 18.4 Å². The zero-order chi connectivity index (χ0) is 19.5. The van der Waals surface area contributed by atoms with E-state index in [2.05, 4.69) is 0 Å². The minimum Gasteiger partial charge on any atom is -0.463 e. The molecular formula is C19H23F2NO4. The summed E-state index contributed by atoms with van der Waals surface area (Å²) in [6.07, 6.45) is -0.234. The van der Waals surface area contributed by atoms with E-state index in [-0.39, 0.29) is 18.7 Å². The van der Waals surface area contributed by atoms with Crippen LogP contribution in [0.1, 0.15) is 39.7 Å². The second-order valence-electron chi connectivity index (χ2n) is 6.96. The Labute approximate surface area is 151 Å². The Kier molecular flexibility index (Phi) is 6.00. The van der Waals surface area contributed by atoms with Gasteiger partial charge in [0.1, 0.15) is 5.60 Å². The first-order valence-corrected chi connectivity index (χ1v) is 8.45. The molecule has 0 aliphatic carbocycles. The molecule has 0 saturated heterocycles. The van der Waals surface area contributed by atoms with Crippen LogP contribution in [-0.4, -0.2) is 42.3 Å². The molecule has 1 aliphatic rings. The number of nitrogens with zero attached hydrogens (tertiary/aromatic N) is 1. The number of esters is 1. The molecule has 0 spiro atoms. The second-order valence-corrected chi connectivity index (χ2v) is 6.96. The first-order chi connectivity index (χ1) is 12.1. The minimum atomic E-state index is -0.993. The Bertz CT molecular complexity index is 738. The molecule has 0 saturated carbocycles. The topological polar surface area (TPSA) is 55.8 Å². The Morgan fingerprint density at radius 2 is 1.88 bits per heavy atom. The smallest absolute Gasteiger partial charge is 0.410 e. The summed E-state index contributed by atoms with van der Waals surface area (Å²) in [6, 6.07) is 3.48. The Morgan fingerprint density at radius 3 is 2.46 bits per heavy atom. The van der Waals surface area contributed by atoms with Crippen molar-refractivity contribution < 1.29 is 27.8 Å². The van der Waals surface area contributed by atoms with Gasteiger partial charge in [0.25, 0.3) is 0 Å². The van der Waals surface area contributed by atoms with Gasteiger partial charge in [-0.15, -0.1) is 0 Å². The summed E-state index contributed by atoms with van der Waals surface area (Å²) in [5.41, 5.74) is 0.526. The Morgan fingerprint density at radius 1 is 1.19 bits per heavy atom. The van der Waals surface area contributed by atoms with Crippen LogP contribution in [0.3, 0.4) is 0 Å². The van der Waals surface area contributed by atoms with Gasteiger partial charge in [-0.3, -0.25) is 0 Å². The number of hydrogen-bond acceptors (Lipinski definition) is 4. The van der Waals surface area contributed by atoms with E-state index in [1.807, 2.05) is 0 Å². The highest BCUT2D eigenvalue weighted by molar-refractivity contribution is 5.99. The van der Waals surface area contributed by atoms with E-state index in [9.17, 15) is 18.4 Å². The second kappa shape index (κ2) is 7.85. The third kappa shape index (κ3) is 4.80. The standard InChI is InChI=1S/C19H23F2NO4/c1-5-25-17(23)14-11-22(18(24)26-19(2,3)4)9-8-13(14)12-6-7-15(20)16(21)10-12/h6-7,10H,5,8-9,11H2,1-4H3. The molecule has 1 aromatic carbocycles. The highest BCUT2D eigenvalue weighted by Crippen LogP contribution is 2.30. The molecule has 1 heterocycles. The fraction of sp³-hybridized carbons (Fsp3) is 0.474. The lowest BCUT2D eigenvalue weighted by Gasteiger charge is -2.32. The maximum atomic E-state index is 13.6. The van der Waals surface area contributed by atoms with Crippen molar-refractivity contribution in [2.75, 3.05) is 19.7 Å². The van der Waals surface area contributed by atoms with Crippen molar-refractivity contribution in [3.05, 3.63) is 41.0 Å². The van der Waals surface area contributed by atoms with E-state index in [1.165, 1.54) is 11.0 Å². The minimum absolute atomic E-state index is 0.0118. The molecule has 142 valence electrons. The van der Waals surface area contributed by atoms with Crippen molar-refractivity contribution in [1.29, 1.82) is 0 Å². The van der Waals surface area contributed by atoms with Crippen LogP contribution >= 0.6 is 0 Å². The molecule has 1 aliphatic heterocycles. The summed E-state index contributed by atoms with van der Waals surface area (Å²) in [5.74, 6) is -2.54. The van der Waals surface area contributed by atoms with Gasteiger partial charge in [-0.05, 0) is 57.4 Å². The maximum absolute atomic E-state index is 13.6. The van der Waals surface area contributed by atoms with Crippen LogP contribution in [0.25, 0.3) is 5.57 Å². The molecule has 0 bridgehead atoms. The first-order valence-electron chi connectivity index (χ1n) is 8.45. The fourth-order valence-corrected chi connectivity index (χ4v) is 2.65. The number of hydrogen-bond donors (Lipinski definition) is 0. The molecule has 0 aromatic heterocycles. The number of ether oxygens (including phenoxy) is 2. The number of carbonyl (C=O) groups is 2. The van der Waals surface area contributed by atoms with Crippen molar-refractivity contribution in [3.63, 3.8) is 0 Å². The van der Waals surface area contributed by atoms with Crippen LogP contribution in [0.5, 0.6) is 0 Å². The van der Waals surface area contributed by atoms with Crippen LogP contribution in [-0.2, 0) is 14.3 Å². The van der Waals surface area contributed by atoms with Crippen LogP contribution in [0.15, 0.2) is 23.8 Å². The lowest BCUT2D eigenvalue weighted by molar-refractivity contribution is -0.138. The molecule has 7 heteroatoms. The molecule has 0 atom stereocenters. The summed E-state index contributed by atoms with van der Waals surface area (Å²) in [6.45, 7) is 7.38. The number of rotatable bonds is 3. The van der Waals surface area contributed by atoms with Gasteiger partial charge in [0, 0.05) is 6.54 Å². The average molecular weight is 367 g/mol. The number of benzene rings is 1. The molecule has 26 heavy (non-hydrogen) atoms. The van der Waals surface area contributed by atoms with Crippen molar-refractivity contribution in [1.82, 2.24) is 4.90 Å². The molecule has 1 amide bonds. The molecule has 2 rings (SSSR count). The highest BCUT2D eigenvalue weighted by atomic mass is 19.2. The molecular weight excluding hydrogens is 344 g/mol. The lowest BCUT2D eigenvalue weighted by Crippen LogP contribution is -2.42. The van der Waals surface area contributed by atoms with Crippen LogP contribution in [0.2, 0.25) is 0 Å². The summed E-state index contributed by atoms with van der Waals surface area (Å²) in [4.78, 5) is 26.1. The van der Waals surface area contributed by atoms with E-state index in [0.717, 1.165) is 12.1 Å². The van der Waals surface area contributed by atoms with E-state index in [4.69, 9.17) is 9.47 Å². The zero-order valence-corrected chi connectivity index (χ0v) is 15.4. The van der Waals surface area contributed by atoms with Gasteiger partial charge in [0.15, 0.2) is 11.6 Å². The largest absolute Gasteiger partial charge is 0.463 e. The van der Waals surface area contributed by atoms with Crippen molar-refractivity contribution in [3.8, 4) is 0 Å². The van der Waals surface area contributed by atoms with Crippen LogP contribution < -0.4 is 0 Å². The summed E-state index contributed by atoms with van der Waals surface area (Å²) in [5, 5.41) is 0. The summed E-state index contributed by atoms with van der Waals surface area (Å²) in [7, 11) is 0. The Hall–Kier alpha value is -2.44. The van der Waals surface area contributed by atoms with Gasteiger partial charge < -0.3 is 14.4 Å². The maximum Gasteiger partial charge on any atom is 0.410 e. The monoisotopic (exact) mass is 367 g/mol. The fourth-order valence-electron chi connectivity index (χ4n) is 2.65. The zero-order valence-electron chi connectivity index (χ0n) is 15.4. The molecule has 0 unspecified atom stereocenters. The van der Waals surface area contributed by atoms with Gasteiger partial charge in [-0.2, -0.15) is 0 Å². The molecule has 0 radical (unpaired) electrons. The molecule has 1 aromatic rings. The van der Waals surface area contributed by atoms with Gasteiger partial charge in [0.05, 0.1) is 18.7 Å². The Balaban J connectivity index is 2.36. The quantitative estimate of drug-likeness (QED) is 0.760.